The van der Waals surface area contributed by atoms with Gasteiger partial charge in [0, 0.05) is 5.41 Å². The molecule has 84 valence electrons. The third-order valence-electron chi connectivity index (χ3n) is 1.97. The zero-order valence-electron chi connectivity index (χ0n) is 9.77. The van der Waals surface area contributed by atoms with Crippen LogP contribution in [0.25, 0.3) is 0 Å². The number of hydrogen-bond donors (Lipinski definition) is 0. The fraction of sp³-hybridized carbons (Fsp3) is 0.417. The molecule has 0 aliphatic heterocycles. The van der Waals surface area contributed by atoms with Gasteiger partial charge in [-0.25, -0.2) is 0 Å². The smallest absolute Gasteiger partial charge is 0.168 e. The van der Waals surface area contributed by atoms with E-state index < -0.39 is 22.7 Å². The van der Waals surface area contributed by atoms with E-state index in [-0.39, 0.29) is 5.57 Å². The Kier molecular flexibility index (Phi) is 4.61. The summed E-state index contributed by atoms with van der Waals surface area (Å²) < 4.78 is 0. The number of ketones is 1. The molecule has 5 heteroatoms. The maximum atomic E-state index is 12.0. The first-order chi connectivity index (χ1) is 7.83. The van der Waals surface area contributed by atoms with Gasteiger partial charge in [-0.3, -0.25) is 4.79 Å². The first-order valence-corrected chi connectivity index (χ1v) is 4.71. The van der Waals surface area contributed by atoms with Crippen LogP contribution in [-0.2, 0) is 4.79 Å². The van der Waals surface area contributed by atoms with Crippen molar-refractivity contribution in [2.24, 2.45) is 11.3 Å². The Morgan fingerprint density at radius 3 is 1.65 bits per heavy atom. The lowest BCUT2D eigenvalue weighted by Crippen LogP contribution is -2.26. The van der Waals surface area contributed by atoms with E-state index >= 15 is 0 Å². The van der Waals surface area contributed by atoms with Crippen molar-refractivity contribution in [3.8, 4) is 24.3 Å². The summed E-state index contributed by atoms with van der Waals surface area (Å²) in [5.41, 5.74) is -1.65. The molecule has 0 N–H and O–H groups in total. The summed E-state index contributed by atoms with van der Waals surface area (Å²) in [5, 5.41) is 35.0. The molecule has 0 spiro atoms. The SMILES string of the molecule is CC(C)(C)C(=O)C(=C(C#N)C#N)C(C#N)C#N. The molecular weight excluding hydrogens is 216 g/mol. The second kappa shape index (κ2) is 5.45. The third kappa shape index (κ3) is 3.16. The molecule has 0 radical (unpaired) electrons. The highest BCUT2D eigenvalue weighted by Gasteiger charge is 2.33. The van der Waals surface area contributed by atoms with Crippen LogP contribution in [0.5, 0.6) is 0 Å². The van der Waals surface area contributed by atoms with Gasteiger partial charge in [0.15, 0.2) is 11.7 Å². The zero-order chi connectivity index (χ0) is 13.6. The molecule has 0 unspecified atom stereocenters. The van der Waals surface area contributed by atoms with E-state index in [2.05, 4.69) is 0 Å². The molecule has 0 rings (SSSR count). The van der Waals surface area contributed by atoms with Crippen LogP contribution in [0, 0.1) is 56.7 Å². The lowest BCUT2D eigenvalue weighted by Gasteiger charge is -2.19. The molecular formula is C12H10N4O. The summed E-state index contributed by atoms with van der Waals surface area (Å²) in [6, 6.07) is 6.32. The summed E-state index contributed by atoms with van der Waals surface area (Å²) in [7, 11) is 0. The third-order valence-corrected chi connectivity index (χ3v) is 1.97. The van der Waals surface area contributed by atoms with Crippen LogP contribution >= 0.6 is 0 Å². The zero-order valence-corrected chi connectivity index (χ0v) is 9.77. The van der Waals surface area contributed by atoms with Crippen molar-refractivity contribution in [1.82, 2.24) is 0 Å². The van der Waals surface area contributed by atoms with Crippen LogP contribution in [0.1, 0.15) is 20.8 Å². The largest absolute Gasteiger partial charge is 0.294 e. The number of Topliss-reactive ketones (excluding diaryl/α,β-unsaturated/α-hetero) is 1. The van der Waals surface area contributed by atoms with Gasteiger partial charge in [-0.1, -0.05) is 20.8 Å². The Hall–Kier alpha value is -2.63. The second-order valence-electron chi connectivity index (χ2n) is 4.28. The molecule has 0 bridgehead atoms. The maximum Gasteiger partial charge on any atom is 0.168 e. The predicted octanol–water partition coefficient (Wildman–Crippen LogP) is 1.61. The number of carbonyl (C=O) groups excluding carboxylic acids is 1. The van der Waals surface area contributed by atoms with E-state index in [4.69, 9.17) is 21.0 Å². The van der Waals surface area contributed by atoms with Crippen molar-refractivity contribution in [1.29, 1.82) is 21.0 Å². The molecule has 17 heavy (non-hydrogen) atoms. The molecule has 0 heterocycles. The van der Waals surface area contributed by atoms with Gasteiger partial charge >= 0.3 is 0 Å². The number of nitriles is 4. The summed E-state index contributed by atoms with van der Waals surface area (Å²) in [5.74, 6) is -1.93. The molecule has 0 aromatic carbocycles. The predicted molar refractivity (Wildman–Crippen MR) is 57.4 cm³/mol. The Bertz CT molecular complexity index is 493. The van der Waals surface area contributed by atoms with E-state index in [0.29, 0.717) is 0 Å². The first-order valence-electron chi connectivity index (χ1n) is 4.71. The standard InChI is InChI=1S/C12H10N4O/c1-12(2,3)11(17)10(8(4-13)5-14)9(6-15)7-16/h8H,1-3H3. The monoisotopic (exact) mass is 226 g/mol. The average molecular weight is 226 g/mol. The summed E-state index contributed by atoms with van der Waals surface area (Å²) >= 11 is 0. The van der Waals surface area contributed by atoms with Crippen molar-refractivity contribution in [3.63, 3.8) is 0 Å². The van der Waals surface area contributed by atoms with E-state index in [1.165, 1.54) is 0 Å². The van der Waals surface area contributed by atoms with Crippen LogP contribution in [0.3, 0.4) is 0 Å². The van der Waals surface area contributed by atoms with Gasteiger partial charge < -0.3 is 0 Å². The number of allylic oxidation sites excluding steroid dienone is 2. The normalized spacial score (nSPS) is 9.41. The fourth-order valence-corrected chi connectivity index (χ4v) is 1.10. The van der Waals surface area contributed by atoms with Gasteiger partial charge in [-0.15, -0.1) is 0 Å². The minimum Gasteiger partial charge on any atom is -0.294 e. The Labute approximate surface area is 99.8 Å². The van der Waals surface area contributed by atoms with E-state index in [9.17, 15) is 4.79 Å². The van der Waals surface area contributed by atoms with Crippen LogP contribution in [0.15, 0.2) is 11.1 Å². The van der Waals surface area contributed by atoms with Gasteiger partial charge in [-0.2, -0.15) is 21.0 Å². The van der Waals surface area contributed by atoms with Crippen LogP contribution in [0.2, 0.25) is 0 Å². The Balaban J connectivity index is 6.01. The fourth-order valence-electron chi connectivity index (χ4n) is 1.10. The number of hydrogen-bond acceptors (Lipinski definition) is 5. The summed E-state index contributed by atoms with van der Waals surface area (Å²) in [6.07, 6.45) is 0. The number of carbonyl (C=O) groups is 1. The van der Waals surface area contributed by atoms with Gasteiger partial charge in [0.1, 0.15) is 17.7 Å². The molecule has 0 aromatic rings. The molecule has 0 saturated heterocycles. The summed E-state index contributed by atoms with van der Waals surface area (Å²) in [4.78, 5) is 12.0. The van der Waals surface area contributed by atoms with Gasteiger partial charge in [0.25, 0.3) is 0 Å². The average Bonchev–Trinajstić information content (AvgIpc) is 2.27. The summed E-state index contributed by atoms with van der Waals surface area (Å²) in [6.45, 7) is 4.77. The Morgan fingerprint density at radius 1 is 1.00 bits per heavy atom. The van der Waals surface area contributed by atoms with Crippen molar-refractivity contribution in [2.45, 2.75) is 20.8 Å². The van der Waals surface area contributed by atoms with Crippen LogP contribution < -0.4 is 0 Å². The maximum absolute atomic E-state index is 12.0. The molecule has 0 amide bonds. The lowest BCUT2D eigenvalue weighted by atomic mass is 9.80. The molecule has 0 fully saturated rings. The number of nitrogens with zero attached hydrogens (tertiary/aromatic N) is 4. The minimum atomic E-state index is -1.39. The minimum absolute atomic E-state index is 0.312. The van der Waals surface area contributed by atoms with Gasteiger partial charge in [-0.05, 0) is 0 Å². The van der Waals surface area contributed by atoms with Crippen LogP contribution in [-0.4, -0.2) is 5.78 Å². The highest BCUT2D eigenvalue weighted by molar-refractivity contribution is 6.02. The van der Waals surface area contributed by atoms with Crippen molar-refractivity contribution < 1.29 is 4.79 Å². The highest BCUT2D eigenvalue weighted by atomic mass is 16.1. The molecule has 0 saturated carbocycles. The van der Waals surface area contributed by atoms with E-state index in [1.807, 2.05) is 0 Å². The quantitative estimate of drug-likeness (QED) is 0.524. The molecule has 0 aromatic heterocycles. The topological polar surface area (TPSA) is 112 Å². The second-order valence-corrected chi connectivity index (χ2v) is 4.28. The molecule has 0 aliphatic carbocycles. The molecule has 0 atom stereocenters. The van der Waals surface area contributed by atoms with Crippen molar-refractivity contribution in [3.05, 3.63) is 11.1 Å². The van der Waals surface area contributed by atoms with Gasteiger partial charge in [0.05, 0.1) is 17.7 Å². The molecule has 0 aliphatic rings. The highest BCUT2D eigenvalue weighted by Crippen LogP contribution is 2.26. The Morgan fingerprint density at radius 2 is 1.41 bits per heavy atom. The number of rotatable bonds is 2. The van der Waals surface area contributed by atoms with Gasteiger partial charge in [0.2, 0.25) is 0 Å². The van der Waals surface area contributed by atoms with Crippen molar-refractivity contribution in [2.75, 3.05) is 0 Å². The first kappa shape index (κ1) is 14.4. The van der Waals surface area contributed by atoms with E-state index in [0.717, 1.165) is 0 Å². The van der Waals surface area contributed by atoms with Crippen molar-refractivity contribution >= 4 is 5.78 Å². The lowest BCUT2D eigenvalue weighted by molar-refractivity contribution is -0.122. The van der Waals surface area contributed by atoms with Crippen LogP contribution in [0.4, 0.5) is 0 Å². The molecule has 5 nitrogen and oxygen atoms in total. The van der Waals surface area contributed by atoms with E-state index in [1.54, 1.807) is 45.0 Å².